The van der Waals surface area contributed by atoms with Crippen molar-refractivity contribution in [3.8, 4) is 11.5 Å². The number of hydrogen-bond donors (Lipinski definition) is 0. The molecule has 0 saturated heterocycles. The first-order valence-electron chi connectivity index (χ1n) is 3.92. The molecule has 1 aromatic carbocycles. The van der Waals surface area contributed by atoms with Gasteiger partial charge in [-0.05, 0) is 6.07 Å². The SMILES string of the molecule is [C-]#[N+]c1cc(OC)c(OC)cc1[N+](=O)[O-]. The van der Waals surface area contributed by atoms with E-state index in [0.29, 0.717) is 5.75 Å². The number of nitrogens with zero attached hydrogens (tertiary/aromatic N) is 2. The van der Waals surface area contributed by atoms with E-state index in [0.717, 1.165) is 0 Å². The molecule has 1 rings (SSSR count). The molecule has 0 unspecified atom stereocenters. The van der Waals surface area contributed by atoms with Gasteiger partial charge >= 0.3 is 0 Å². The fourth-order valence-corrected chi connectivity index (χ4v) is 1.09. The van der Waals surface area contributed by atoms with E-state index in [9.17, 15) is 10.1 Å². The summed E-state index contributed by atoms with van der Waals surface area (Å²) in [4.78, 5) is 13.0. The van der Waals surface area contributed by atoms with E-state index in [2.05, 4.69) is 4.85 Å². The lowest BCUT2D eigenvalue weighted by molar-refractivity contribution is -0.383. The van der Waals surface area contributed by atoms with Gasteiger partial charge in [-0.1, -0.05) is 0 Å². The average molecular weight is 208 g/mol. The summed E-state index contributed by atoms with van der Waals surface area (Å²) in [6.07, 6.45) is 0. The number of hydrogen-bond acceptors (Lipinski definition) is 4. The molecule has 0 aliphatic heterocycles. The lowest BCUT2D eigenvalue weighted by Crippen LogP contribution is -1.94. The zero-order valence-corrected chi connectivity index (χ0v) is 8.18. The third-order valence-corrected chi connectivity index (χ3v) is 1.80. The van der Waals surface area contributed by atoms with Crippen LogP contribution in [0.1, 0.15) is 0 Å². The predicted octanol–water partition coefficient (Wildman–Crippen LogP) is 2.16. The Morgan fingerprint density at radius 2 is 1.87 bits per heavy atom. The second-order valence-corrected chi connectivity index (χ2v) is 2.56. The van der Waals surface area contributed by atoms with Gasteiger partial charge in [-0.3, -0.25) is 10.1 Å². The molecule has 1 aromatic rings. The summed E-state index contributed by atoms with van der Waals surface area (Å²) >= 11 is 0. The number of ether oxygens (including phenoxy) is 2. The Bertz CT molecular complexity index is 436. The van der Waals surface area contributed by atoms with Crippen LogP contribution in [0.15, 0.2) is 12.1 Å². The third kappa shape index (κ3) is 1.96. The molecule has 6 heteroatoms. The molecule has 0 aliphatic rings. The second-order valence-electron chi connectivity index (χ2n) is 2.56. The fourth-order valence-electron chi connectivity index (χ4n) is 1.09. The minimum atomic E-state index is -0.630. The van der Waals surface area contributed by atoms with E-state index in [4.69, 9.17) is 16.0 Å². The molecule has 0 heterocycles. The van der Waals surface area contributed by atoms with Crippen molar-refractivity contribution in [3.63, 3.8) is 0 Å². The number of nitro groups is 1. The summed E-state index contributed by atoms with van der Waals surface area (Å²) in [7, 11) is 2.77. The Hall–Kier alpha value is -2.29. The normalized spacial score (nSPS) is 9.13. The van der Waals surface area contributed by atoms with Crippen LogP contribution in [0.5, 0.6) is 11.5 Å². The molecule has 0 aromatic heterocycles. The predicted molar refractivity (Wildman–Crippen MR) is 52.5 cm³/mol. The summed E-state index contributed by atoms with van der Waals surface area (Å²) in [5.41, 5.74) is -0.361. The number of benzene rings is 1. The van der Waals surface area contributed by atoms with Crippen LogP contribution in [0.25, 0.3) is 4.85 Å². The maximum atomic E-state index is 10.6. The fraction of sp³-hybridized carbons (Fsp3) is 0.222. The minimum absolute atomic E-state index is 0.0716. The van der Waals surface area contributed by atoms with Crippen LogP contribution < -0.4 is 9.47 Å². The molecule has 0 N–H and O–H groups in total. The topological polar surface area (TPSA) is 66.0 Å². The lowest BCUT2D eigenvalue weighted by atomic mass is 10.2. The van der Waals surface area contributed by atoms with E-state index in [1.807, 2.05) is 0 Å². The number of nitro benzene ring substituents is 1. The van der Waals surface area contributed by atoms with Crippen LogP contribution >= 0.6 is 0 Å². The zero-order chi connectivity index (χ0) is 11.4. The van der Waals surface area contributed by atoms with E-state index in [1.54, 1.807) is 0 Å². The Morgan fingerprint density at radius 1 is 1.33 bits per heavy atom. The molecule has 0 fully saturated rings. The molecular formula is C9H8N2O4. The van der Waals surface area contributed by atoms with Crippen LogP contribution in [0, 0.1) is 16.7 Å². The summed E-state index contributed by atoms with van der Waals surface area (Å²) in [6, 6.07) is 2.45. The van der Waals surface area contributed by atoms with Crippen molar-refractivity contribution in [3.05, 3.63) is 33.7 Å². The minimum Gasteiger partial charge on any atom is -0.494 e. The van der Waals surface area contributed by atoms with Gasteiger partial charge in [0.25, 0.3) is 11.4 Å². The van der Waals surface area contributed by atoms with Gasteiger partial charge in [-0.25, -0.2) is 4.85 Å². The van der Waals surface area contributed by atoms with Gasteiger partial charge in [-0.2, -0.15) is 0 Å². The van der Waals surface area contributed by atoms with E-state index < -0.39 is 4.92 Å². The molecule has 15 heavy (non-hydrogen) atoms. The van der Waals surface area contributed by atoms with Crippen LogP contribution in [-0.2, 0) is 0 Å². The molecule has 78 valence electrons. The van der Waals surface area contributed by atoms with Gasteiger partial charge in [0.2, 0.25) is 0 Å². The Labute approximate surface area is 86.0 Å². The first kappa shape index (κ1) is 10.8. The first-order chi connectivity index (χ1) is 7.13. The number of rotatable bonds is 3. The van der Waals surface area contributed by atoms with Crippen LogP contribution in [0.2, 0.25) is 0 Å². The van der Waals surface area contributed by atoms with Gasteiger partial charge in [0.1, 0.15) is 0 Å². The average Bonchev–Trinajstić information content (AvgIpc) is 2.26. The molecule has 0 atom stereocenters. The standard InChI is InChI=1S/C9H8N2O4/c1-10-6-4-8(14-2)9(15-3)5-7(6)11(12)13/h4-5H,2-3H3. The summed E-state index contributed by atoms with van der Waals surface area (Å²) in [5.74, 6) is 0.533. The highest BCUT2D eigenvalue weighted by Gasteiger charge is 2.19. The Morgan fingerprint density at radius 3 is 2.27 bits per heavy atom. The van der Waals surface area contributed by atoms with Crippen LogP contribution in [0.4, 0.5) is 11.4 Å². The van der Waals surface area contributed by atoms with E-state index in [1.165, 1.54) is 26.4 Å². The molecule has 0 saturated carbocycles. The molecule has 0 aliphatic carbocycles. The maximum Gasteiger partial charge on any atom is 0.282 e. The maximum absolute atomic E-state index is 10.6. The van der Waals surface area contributed by atoms with E-state index >= 15 is 0 Å². The Balaban J connectivity index is 3.42. The van der Waals surface area contributed by atoms with Gasteiger partial charge in [-0.15, -0.1) is 0 Å². The van der Waals surface area contributed by atoms with Crippen molar-refractivity contribution in [2.75, 3.05) is 14.2 Å². The molecule has 0 bridgehead atoms. The summed E-state index contributed by atoms with van der Waals surface area (Å²) in [5, 5.41) is 10.6. The monoisotopic (exact) mass is 208 g/mol. The van der Waals surface area contributed by atoms with Crippen molar-refractivity contribution in [1.29, 1.82) is 0 Å². The highest BCUT2D eigenvalue weighted by atomic mass is 16.6. The number of methoxy groups -OCH3 is 2. The third-order valence-electron chi connectivity index (χ3n) is 1.80. The zero-order valence-electron chi connectivity index (χ0n) is 8.18. The van der Waals surface area contributed by atoms with Gasteiger partial charge in [0.05, 0.1) is 31.8 Å². The molecule has 0 spiro atoms. The van der Waals surface area contributed by atoms with Gasteiger partial charge in [0.15, 0.2) is 11.5 Å². The summed E-state index contributed by atoms with van der Waals surface area (Å²) < 4.78 is 9.82. The quantitative estimate of drug-likeness (QED) is 0.433. The molecule has 6 nitrogen and oxygen atoms in total. The largest absolute Gasteiger partial charge is 0.494 e. The summed E-state index contributed by atoms with van der Waals surface area (Å²) in [6.45, 7) is 6.80. The van der Waals surface area contributed by atoms with Crippen LogP contribution in [0.3, 0.4) is 0 Å². The van der Waals surface area contributed by atoms with Crippen molar-refractivity contribution in [2.45, 2.75) is 0 Å². The smallest absolute Gasteiger partial charge is 0.282 e. The molecule has 0 radical (unpaired) electrons. The van der Waals surface area contributed by atoms with Gasteiger partial charge < -0.3 is 9.47 Å². The van der Waals surface area contributed by atoms with E-state index in [-0.39, 0.29) is 17.1 Å². The van der Waals surface area contributed by atoms with Gasteiger partial charge in [0, 0.05) is 0 Å². The van der Waals surface area contributed by atoms with Crippen LogP contribution in [-0.4, -0.2) is 19.1 Å². The highest BCUT2D eigenvalue weighted by Crippen LogP contribution is 2.38. The second kappa shape index (κ2) is 4.28. The van der Waals surface area contributed by atoms with Crippen molar-refractivity contribution in [1.82, 2.24) is 0 Å². The van der Waals surface area contributed by atoms with Crippen molar-refractivity contribution >= 4 is 11.4 Å². The van der Waals surface area contributed by atoms with Crippen molar-refractivity contribution < 1.29 is 14.4 Å². The highest BCUT2D eigenvalue weighted by molar-refractivity contribution is 5.69. The molecule has 0 amide bonds. The van der Waals surface area contributed by atoms with Crippen molar-refractivity contribution in [2.24, 2.45) is 0 Å². The first-order valence-corrected chi connectivity index (χ1v) is 3.92. The lowest BCUT2D eigenvalue weighted by Gasteiger charge is -2.07. The molecular weight excluding hydrogens is 200 g/mol. The Kier molecular flexibility index (Phi) is 3.08.